The minimum atomic E-state index is -0.214. The molecule has 68 valence electrons. The Morgan fingerprint density at radius 2 is 2.00 bits per heavy atom. The summed E-state index contributed by atoms with van der Waals surface area (Å²) < 4.78 is 5.09. The molecule has 0 amide bonds. The van der Waals surface area contributed by atoms with Crippen LogP contribution >= 0.6 is 0 Å². The van der Waals surface area contributed by atoms with Gasteiger partial charge >= 0.3 is 0 Å². The fourth-order valence-electron chi connectivity index (χ4n) is 1.72. The molecule has 0 saturated heterocycles. The molecule has 0 fully saturated rings. The topological polar surface area (TPSA) is 46.0 Å². The van der Waals surface area contributed by atoms with Crippen molar-refractivity contribution in [3.63, 3.8) is 0 Å². The van der Waals surface area contributed by atoms with Gasteiger partial charge in [-0.15, -0.1) is 0 Å². The molecule has 3 heteroatoms. The predicted octanol–water partition coefficient (Wildman–Crippen LogP) is 2.23. The average molecular weight is 185 g/mol. The fraction of sp³-hybridized carbons (Fsp3) is 0. The van der Waals surface area contributed by atoms with E-state index in [0.29, 0.717) is 5.76 Å². The van der Waals surface area contributed by atoms with Crippen LogP contribution in [0.2, 0.25) is 0 Å². The summed E-state index contributed by atoms with van der Waals surface area (Å²) in [4.78, 5) is 11.1. The molecule has 0 atom stereocenters. The Morgan fingerprint density at radius 1 is 1.14 bits per heavy atom. The Bertz CT molecular complexity index is 621. The molecular formula is C11H7NO2. The van der Waals surface area contributed by atoms with Crippen molar-refractivity contribution in [3.8, 4) is 11.3 Å². The van der Waals surface area contributed by atoms with Gasteiger partial charge in [0.05, 0.1) is 0 Å². The normalized spacial score (nSPS) is 11.1. The van der Waals surface area contributed by atoms with Crippen molar-refractivity contribution >= 4 is 10.8 Å². The van der Waals surface area contributed by atoms with E-state index in [1.54, 1.807) is 6.07 Å². The van der Waals surface area contributed by atoms with Crippen LogP contribution in [0.25, 0.3) is 22.1 Å². The van der Waals surface area contributed by atoms with Crippen LogP contribution < -0.4 is 5.56 Å². The van der Waals surface area contributed by atoms with E-state index in [1.807, 2.05) is 30.3 Å². The molecule has 3 rings (SSSR count). The quantitative estimate of drug-likeness (QED) is 0.583. The maximum absolute atomic E-state index is 11.1. The third-order valence-corrected chi connectivity index (χ3v) is 2.34. The molecule has 0 radical (unpaired) electrons. The van der Waals surface area contributed by atoms with E-state index in [9.17, 15) is 4.79 Å². The zero-order valence-corrected chi connectivity index (χ0v) is 7.28. The maximum Gasteiger partial charge on any atom is 0.277 e. The molecule has 1 aliphatic carbocycles. The van der Waals surface area contributed by atoms with Crippen LogP contribution in [0.3, 0.4) is 0 Å². The molecule has 0 spiro atoms. The largest absolute Gasteiger partial charge is 0.379 e. The first-order chi connectivity index (χ1) is 6.84. The van der Waals surface area contributed by atoms with Gasteiger partial charge in [-0.2, -0.15) is 5.16 Å². The van der Waals surface area contributed by atoms with Gasteiger partial charge < -0.3 is 4.52 Å². The SMILES string of the molecule is O=c1cc2c3ccccc3cc-2o[nH]1. The second-order valence-electron chi connectivity index (χ2n) is 3.22. The van der Waals surface area contributed by atoms with Gasteiger partial charge in [-0.25, -0.2) is 0 Å². The van der Waals surface area contributed by atoms with Crippen molar-refractivity contribution in [3.05, 3.63) is 46.8 Å². The average Bonchev–Trinajstić information content (AvgIpc) is 2.56. The van der Waals surface area contributed by atoms with Crippen LogP contribution in [0, 0.1) is 0 Å². The van der Waals surface area contributed by atoms with Crippen molar-refractivity contribution in [2.75, 3.05) is 0 Å². The number of rotatable bonds is 0. The predicted molar refractivity (Wildman–Crippen MR) is 53.5 cm³/mol. The Morgan fingerprint density at radius 3 is 2.93 bits per heavy atom. The van der Waals surface area contributed by atoms with Crippen molar-refractivity contribution in [2.24, 2.45) is 0 Å². The van der Waals surface area contributed by atoms with E-state index in [4.69, 9.17) is 4.52 Å². The van der Waals surface area contributed by atoms with Crippen molar-refractivity contribution in [1.82, 2.24) is 5.16 Å². The molecule has 0 bridgehead atoms. The summed E-state index contributed by atoms with van der Waals surface area (Å²) in [5.41, 5.74) is 0.651. The summed E-state index contributed by atoms with van der Waals surface area (Å²) in [6, 6.07) is 11.4. The van der Waals surface area contributed by atoms with Gasteiger partial charge in [-0.3, -0.25) is 4.79 Å². The lowest BCUT2D eigenvalue weighted by molar-refractivity contribution is 0.404. The molecule has 1 aromatic carbocycles. The molecule has 0 unspecified atom stereocenters. The molecule has 1 aromatic rings. The minimum Gasteiger partial charge on any atom is -0.379 e. The lowest BCUT2D eigenvalue weighted by atomic mass is 10.2. The molecule has 0 saturated carbocycles. The van der Waals surface area contributed by atoms with Gasteiger partial charge in [0.25, 0.3) is 5.56 Å². The molecular weight excluding hydrogens is 178 g/mol. The van der Waals surface area contributed by atoms with Gasteiger partial charge in [0.15, 0.2) is 5.76 Å². The number of hydrogen-bond donors (Lipinski definition) is 1. The van der Waals surface area contributed by atoms with E-state index in [-0.39, 0.29) is 5.56 Å². The molecule has 1 aliphatic heterocycles. The second-order valence-corrected chi connectivity index (χ2v) is 3.22. The zero-order chi connectivity index (χ0) is 9.54. The molecule has 0 aromatic heterocycles. The summed E-state index contributed by atoms with van der Waals surface area (Å²) in [5, 5.41) is 4.45. The minimum absolute atomic E-state index is 0.214. The summed E-state index contributed by atoms with van der Waals surface area (Å²) in [5.74, 6) is 0.714. The highest BCUT2D eigenvalue weighted by Gasteiger charge is 2.11. The Balaban J connectivity index is 2.58. The third kappa shape index (κ3) is 0.893. The standard InChI is InChI=1S/C11H7NO2/c13-11-6-9-8-4-2-1-3-7(8)5-10(9)14-12-11/h1-6H,(H,12,13). The van der Waals surface area contributed by atoms with Crippen LogP contribution in [0.15, 0.2) is 45.7 Å². The van der Waals surface area contributed by atoms with Crippen LogP contribution in [0.4, 0.5) is 0 Å². The van der Waals surface area contributed by atoms with Crippen molar-refractivity contribution in [1.29, 1.82) is 0 Å². The first kappa shape index (κ1) is 7.38. The fourth-order valence-corrected chi connectivity index (χ4v) is 1.72. The summed E-state index contributed by atoms with van der Waals surface area (Å²) in [6.45, 7) is 0. The second kappa shape index (κ2) is 2.48. The molecule has 1 heterocycles. The smallest absolute Gasteiger partial charge is 0.277 e. The highest BCUT2D eigenvalue weighted by atomic mass is 16.5. The summed E-state index contributed by atoms with van der Waals surface area (Å²) in [6.07, 6.45) is 0. The number of hydrogen-bond acceptors (Lipinski definition) is 2. The maximum atomic E-state index is 11.1. The van der Waals surface area contributed by atoms with E-state index >= 15 is 0 Å². The van der Waals surface area contributed by atoms with E-state index in [1.165, 1.54) is 0 Å². The number of nitrogens with one attached hydrogen (secondary N) is 1. The van der Waals surface area contributed by atoms with Crippen LogP contribution in [0.5, 0.6) is 0 Å². The monoisotopic (exact) mass is 185 g/mol. The molecule has 3 nitrogen and oxygen atoms in total. The van der Waals surface area contributed by atoms with Crippen LogP contribution in [-0.4, -0.2) is 5.16 Å². The van der Waals surface area contributed by atoms with Gasteiger partial charge in [0.1, 0.15) is 0 Å². The number of aromatic nitrogens is 1. The molecule has 1 N–H and O–H groups in total. The summed E-state index contributed by atoms with van der Waals surface area (Å²) in [7, 11) is 0. The first-order valence-corrected chi connectivity index (χ1v) is 4.34. The van der Waals surface area contributed by atoms with Gasteiger partial charge in [0.2, 0.25) is 0 Å². The Kier molecular flexibility index (Phi) is 1.31. The van der Waals surface area contributed by atoms with Gasteiger partial charge in [0, 0.05) is 11.6 Å². The lowest BCUT2D eigenvalue weighted by Gasteiger charge is -1.94. The number of aromatic amines is 1. The third-order valence-electron chi connectivity index (χ3n) is 2.34. The number of H-pyrrole nitrogens is 1. The molecule has 14 heavy (non-hydrogen) atoms. The summed E-state index contributed by atoms with van der Waals surface area (Å²) >= 11 is 0. The highest BCUT2D eigenvalue weighted by molar-refractivity contribution is 6.00. The molecule has 2 aliphatic rings. The van der Waals surface area contributed by atoms with E-state index in [0.717, 1.165) is 16.3 Å². The Labute approximate surface area is 79.3 Å². The van der Waals surface area contributed by atoms with Crippen LogP contribution in [0.1, 0.15) is 0 Å². The first-order valence-electron chi connectivity index (χ1n) is 4.34. The van der Waals surface area contributed by atoms with Crippen LogP contribution in [-0.2, 0) is 0 Å². The van der Waals surface area contributed by atoms with E-state index < -0.39 is 0 Å². The Hall–Kier alpha value is -2.03. The number of fused-ring (bicyclic) bond motifs is 3. The zero-order valence-electron chi connectivity index (χ0n) is 7.28. The van der Waals surface area contributed by atoms with Gasteiger partial charge in [-0.1, -0.05) is 24.3 Å². The lowest BCUT2D eigenvalue weighted by Crippen LogP contribution is -2.02. The van der Waals surface area contributed by atoms with Crippen molar-refractivity contribution in [2.45, 2.75) is 0 Å². The number of benzene rings is 1. The van der Waals surface area contributed by atoms with Crippen molar-refractivity contribution < 1.29 is 4.52 Å². The van der Waals surface area contributed by atoms with Gasteiger partial charge in [-0.05, 0) is 16.8 Å². The highest BCUT2D eigenvalue weighted by Crippen LogP contribution is 2.31. The van der Waals surface area contributed by atoms with E-state index in [2.05, 4.69) is 5.16 Å².